The largest absolute Gasteiger partial charge is 0.370 e. The van der Waals surface area contributed by atoms with Crippen LogP contribution in [0.1, 0.15) is 38.0 Å². The monoisotopic (exact) mass is 259 g/mol. The van der Waals surface area contributed by atoms with Crippen molar-refractivity contribution in [2.45, 2.75) is 40.5 Å². The smallest absolute Gasteiger partial charge is 0.146 e. The molecule has 0 aliphatic heterocycles. The van der Waals surface area contributed by atoms with Crippen molar-refractivity contribution >= 4 is 5.82 Å². The fourth-order valence-electron chi connectivity index (χ4n) is 2.07. The van der Waals surface area contributed by atoms with Gasteiger partial charge in [0.2, 0.25) is 0 Å². The Bertz CT molecular complexity index is 559. The van der Waals surface area contributed by atoms with Gasteiger partial charge in [0.15, 0.2) is 0 Å². The highest BCUT2D eigenvalue weighted by Crippen LogP contribution is 2.20. The van der Waals surface area contributed by atoms with E-state index in [4.69, 9.17) is 0 Å². The molecule has 0 atom stereocenters. The van der Waals surface area contributed by atoms with Gasteiger partial charge in [-0.25, -0.2) is 15.0 Å². The van der Waals surface area contributed by atoms with Crippen molar-refractivity contribution < 1.29 is 0 Å². The topological polar surface area (TPSA) is 55.6 Å². The summed E-state index contributed by atoms with van der Waals surface area (Å²) < 4.78 is 2.05. The summed E-state index contributed by atoms with van der Waals surface area (Å²) in [4.78, 5) is 13.6. The molecule has 0 unspecified atom stereocenters. The van der Waals surface area contributed by atoms with Crippen LogP contribution in [-0.2, 0) is 12.8 Å². The molecule has 0 aliphatic rings. The molecule has 0 fully saturated rings. The molecule has 19 heavy (non-hydrogen) atoms. The predicted octanol–water partition coefficient (Wildman–Crippen LogP) is 2.53. The van der Waals surface area contributed by atoms with Crippen LogP contribution in [0.25, 0.3) is 5.82 Å². The van der Waals surface area contributed by atoms with Crippen molar-refractivity contribution in [1.82, 2.24) is 19.5 Å². The first-order valence-corrected chi connectivity index (χ1v) is 6.85. The van der Waals surface area contributed by atoms with Gasteiger partial charge < -0.3 is 5.32 Å². The molecule has 0 bridgehead atoms. The number of anilines is 1. The van der Waals surface area contributed by atoms with Crippen molar-refractivity contribution in [2.24, 2.45) is 0 Å². The molecule has 5 heteroatoms. The lowest BCUT2D eigenvalue weighted by Gasteiger charge is -2.14. The predicted molar refractivity (Wildman–Crippen MR) is 76.8 cm³/mol. The van der Waals surface area contributed by atoms with Crippen LogP contribution >= 0.6 is 0 Å². The third-order valence-corrected chi connectivity index (χ3v) is 3.09. The Morgan fingerprint density at radius 2 is 1.95 bits per heavy atom. The standard InChI is InChI=1S/C14H21N5/c1-5-11-17-13(15-7-3)10(4)14(18-11)19-9-8-16-12(19)6-2/h8-9H,5-7H2,1-4H3,(H,15,17,18). The Labute approximate surface area is 114 Å². The van der Waals surface area contributed by atoms with Crippen molar-refractivity contribution in [3.05, 3.63) is 29.6 Å². The highest BCUT2D eigenvalue weighted by Gasteiger charge is 2.13. The van der Waals surface area contributed by atoms with Gasteiger partial charge in [-0.1, -0.05) is 13.8 Å². The van der Waals surface area contributed by atoms with Gasteiger partial charge in [-0.3, -0.25) is 4.57 Å². The summed E-state index contributed by atoms with van der Waals surface area (Å²) in [5.74, 6) is 3.72. The fourth-order valence-corrected chi connectivity index (χ4v) is 2.07. The molecule has 102 valence electrons. The van der Waals surface area contributed by atoms with Crippen molar-refractivity contribution in [2.75, 3.05) is 11.9 Å². The molecule has 0 radical (unpaired) electrons. The minimum Gasteiger partial charge on any atom is -0.370 e. The summed E-state index contributed by atoms with van der Waals surface area (Å²) in [6.07, 6.45) is 5.48. The lowest BCUT2D eigenvalue weighted by atomic mass is 10.2. The van der Waals surface area contributed by atoms with Crippen LogP contribution < -0.4 is 5.32 Å². The number of nitrogens with one attached hydrogen (secondary N) is 1. The molecule has 5 nitrogen and oxygen atoms in total. The molecule has 0 aliphatic carbocycles. The van der Waals surface area contributed by atoms with Gasteiger partial charge in [-0.15, -0.1) is 0 Å². The van der Waals surface area contributed by atoms with Gasteiger partial charge in [-0.05, 0) is 13.8 Å². The van der Waals surface area contributed by atoms with E-state index in [0.29, 0.717) is 0 Å². The molecule has 0 saturated heterocycles. The molecule has 0 aromatic carbocycles. The number of hydrogen-bond donors (Lipinski definition) is 1. The van der Waals surface area contributed by atoms with E-state index in [9.17, 15) is 0 Å². The molecule has 2 heterocycles. The Kier molecular flexibility index (Phi) is 4.14. The maximum Gasteiger partial charge on any atom is 0.146 e. The van der Waals surface area contributed by atoms with E-state index in [-0.39, 0.29) is 0 Å². The lowest BCUT2D eigenvalue weighted by Crippen LogP contribution is -2.12. The zero-order valence-electron chi connectivity index (χ0n) is 12.1. The zero-order chi connectivity index (χ0) is 13.8. The zero-order valence-corrected chi connectivity index (χ0v) is 12.1. The normalized spacial score (nSPS) is 10.7. The second-order valence-corrected chi connectivity index (χ2v) is 4.39. The van der Waals surface area contributed by atoms with Gasteiger partial charge >= 0.3 is 0 Å². The lowest BCUT2D eigenvalue weighted by molar-refractivity contribution is 0.825. The van der Waals surface area contributed by atoms with Gasteiger partial charge in [0.05, 0.1) is 0 Å². The minimum atomic E-state index is 0.821. The number of nitrogens with zero attached hydrogens (tertiary/aromatic N) is 4. The van der Waals surface area contributed by atoms with E-state index in [1.165, 1.54) is 0 Å². The number of aromatic nitrogens is 4. The number of hydrogen-bond acceptors (Lipinski definition) is 4. The summed E-state index contributed by atoms with van der Waals surface area (Å²) in [6, 6.07) is 0. The first-order chi connectivity index (χ1) is 9.21. The van der Waals surface area contributed by atoms with Crippen molar-refractivity contribution in [3.8, 4) is 5.82 Å². The summed E-state index contributed by atoms with van der Waals surface area (Å²) in [6.45, 7) is 9.14. The molecular weight excluding hydrogens is 238 g/mol. The van der Waals surface area contributed by atoms with E-state index in [0.717, 1.165) is 48.2 Å². The molecule has 2 rings (SSSR count). The molecule has 0 spiro atoms. The van der Waals surface area contributed by atoms with Gasteiger partial charge in [0.1, 0.15) is 23.3 Å². The average Bonchev–Trinajstić information content (AvgIpc) is 2.89. The molecule has 0 amide bonds. The SMILES string of the molecule is CCNc1nc(CC)nc(-n2ccnc2CC)c1C. The van der Waals surface area contributed by atoms with Crippen LogP contribution in [0, 0.1) is 6.92 Å². The minimum absolute atomic E-state index is 0.821. The molecule has 0 saturated carbocycles. The van der Waals surface area contributed by atoms with Crippen LogP contribution in [0.15, 0.2) is 12.4 Å². The Morgan fingerprint density at radius 1 is 1.16 bits per heavy atom. The summed E-state index contributed by atoms with van der Waals surface area (Å²) >= 11 is 0. The second kappa shape index (κ2) is 5.82. The highest BCUT2D eigenvalue weighted by molar-refractivity contribution is 5.52. The van der Waals surface area contributed by atoms with Crippen LogP contribution in [0.3, 0.4) is 0 Å². The third-order valence-electron chi connectivity index (χ3n) is 3.09. The van der Waals surface area contributed by atoms with E-state index >= 15 is 0 Å². The first kappa shape index (κ1) is 13.5. The van der Waals surface area contributed by atoms with E-state index in [1.807, 2.05) is 19.3 Å². The Hall–Kier alpha value is -1.91. The molecule has 2 aromatic heterocycles. The van der Waals surface area contributed by atoms with Crippen molar-refractivity contribution in [1.29, 1.82) is 0 Å². The maximum atomic E-state index is 4.66. The first-order valence-electron chi connectivity index (χ1n) is 6.85. The van der Waals surface area contributed by atoms with Crippen LogP contribution in [-0.4, -0.2) is 26.1 Å². The fraction of sp³-hybridized carbons (Fsp3) is 0.500. The van der Waals surface area contributed by atoms with Crippen LogP contribution in [0.5, 0.6) is 0 Å². The maximum absolute atomic E-state index is 4.66. The second-order valence-electron chi connectivity index (χ2n) is 4.39. The highest BCUT2D eigenvalue weighted by atomic mass is 15.2. The van der Waals surface area contributed by atoms with E-state index in [1.54, 1.807) is 0 Å². The average molecular weight is 259 g/mol. The summed E-state index contributed by atoms with van der Waals surface area (Å²) in [5, 5.41) is 3.31. The molecular formula is C14H21N5. The van der Waals surface area contributed by atoms with Gasteiger partial charge in [0, 0.05) is 37.3 Å². The molecule has 1 N–H and O–H groups in total. The summed E-state index contributed by atoms with van der Waals surface area (Å²) in [7, 11) is 0. The third kappa shape index (κ3) is 2.59. The Morgan fingerprint density at radius 3 is 2.58 bits per heavy atom. The van der Waals surface area contributed by atoms with Crippen LogP contribution in [0.4, 0.5) is 5.82 Å². The van der Waals surface area contributed by atoms with E-state index < -0.39 is 0 Å². The van der Waals surface area contributed by atoms with Gasteiger partial charge in [0.25, 0.3) is 0 Å². The Balaban J connectivity index is 2.58. The number of rotatable bonds is 5. The summed E-state index contributed by atoms with van der Waals surface area (Å²) in [5.41, 5.74) is 1.06. The number of aryl methyl sites for hydroxylation is 2. The quantitative estimate of drug-likeness (QED) is 0.896. The van der Waals surface area contributed by atoms with Crippen LogP contribution in [0.2, 0.25) is 0 Å². The van der Waals surface area contributed by atoms with Crippen molar-refractivity contribution in [3.63, 3.8) is 0 Å². The van der Waals surface area contributed by atoms with Gasteiger partial charge in [-0.2, -0.15) is 0 Å². The van der Waals surface area contributed by atoms with E-state index in [2.05, 4.69) is 45.6 Å². The molecule has 2 aromatic rings. The number of imidazole rings is 1.